The Labute approximate surface area is 234 Å². The van der Waals surface area contributed by atoms with Crippen molar-refractivity contribution in [2.75, 3.05) is 12.9 Å². The van der Waals surface area contributed by atoms with E-state index in [1.54, 1.807) is 0 Å². The molecule has 0 aromatic heterocycles. The van der Waals surface area contributed by atoms with Gasteiger partial charge in [0.1, 0.15) is 21.8 Å². The van der Waals surface area contributed by atoms with Crippen LogP contribution in [0.3, 0.4) is 0 Å². The minimum Gasteiger partial charge on any atom is -0.381 e. The number of ether oxygens (including phenoxy) is 2. The molecule has 0 aliphatic carbocycles. The van der Waals surface area contributed by atoms with Crippen LogP contribution >= 0.6 is 7.75 Å². The Morgan fingerprint density at radius 3 is 1.61 bits per heavy atom. The molecule has 0 saturated carbocycles. The highest BCUT2D eigenvalue weighted by atomic mass is 32.2. The maximum Gasteiger partial charge on any atom is 0.419 e. The Kier molecular flexibility index (Phi) is 10.00. The molecule has 9 atom stereocenters. The molecule has 0 spiro atoms. The summed E-state index contributed by atoms with van der Waals surface area (Å²) >= 11 is 0. The van der Waals surface area contributed by atoms with Crippen LogP contribution in [0.15, 0.2) is 0 Å². The number of hydrogen-bond acceptors (Lipinski definition) is 7. The van der Waals surface area contributed by atoms with Gasteiger partial charge in [0.25, 0.3) is 0 Å². The van der Waals surface area contributed by atoms with Gasteiger partial charge in [0, 0.05) is 17.9 Å². The predicted molar refractivity (Wildman–Crippen MR) is 159 cm³/mol. The Bertz CT molecular complexity index is 982. The van der Waals surface area contributed by atoms with Gasteiger partial charge >= 0.3 is 7.75 Å². The molecule has 2 saturated heterocycles. The third kappa shape index (κ3) is 8.33. The first-order valence-corrected chi connectivity index (χ1v) is 17.3. The summed E-state index contributed by atoms with van der Waals surface area (Å²) in [5.74, 6) is 0.197. The lowest BCUT2D eigenvalue weighted by Crippen LogP contribution is -2.44. The van der Waals surface area contributed by atoms with Crippen molar-refractivity contribution in [1.29, 1.82) is 0 Å². The highest BCUT2D eigenvalue weighted by Gasteiger charge is 2.56. The highest BCUT2D eigenvalue weighted by molar-refractivity contribution is 7.94. The zero-order valence-electron chi connectivity index (χ0n) is 26.5. The minimum absolute atomic E-state index is 0.0193. The van der Waals surface area contributed by atoms with Crippen molar-refractivity contribution in [3.8, 4) is 0 Å². The van der Waals surface area contributed by atoms with E-state index in [0.29, 0.717) is 0 Å². The third-order valence-corrected chi connectivity index (χ3v) is 11.2. The molecule has 0 aromatic carbocycles. The quantitative estimate of drug-likeness (QED) is 0.363. The fraction of sp³-hybridized carbons (Fsp3) is 1.00. The van der Waals surface area contributed by atoms with Crippen LogP contribution in [0.25, 0.3) is 0 Å². The molecular weight excluding hydrogens is 523 g/mol. The fourth-order valence-corrected chi connectivity index (χ4v) is 9.90. The van der Waals surface area contributed by atoms with Gasteiger partial charge < -0.3 is 9.47 Å². The second-order valence-corrected chi connectivity index (χ2v) is 19.6. The van der Waals surface area contributed by atoms with Gasteiger partial charge in [0.15, 0.2) is 0 Å². The first kappa shape index (κ1) is 34.3. The van der Waals surface area contributed by atoms with Crippen molar-refractivity contribution in [3.05, 3.63) is 0 Å². The second-order valence-electron chi connectivity index (χ2n) is 15.9. The molecule has 12 heteroatoms. The van der Waals surface area contributed by atoms with Crippen LogP contribution in [-0.2, 0) is 33.1 Å². The predicted octanol–water partition coefficient (Wildman–Crippen LogP) is 3.79. The van der Waals surface area contributed by atoms with Gasteiger partial charge in [0.2, 0.25) is 10.0 Å². The molecule has 2 rings (SSSR count). The summed E-state index contributed by atoms with van der Waals surface area (Å²) in [5, 5.41) is 0. The summed E-state index contributed by atoms with van der Waals surface area (Å²) < 4.78 is 66.3. The molecule has 222 valence electrons. The smallest absolute Gasteiger partial charge is 0.381 e. The van der Waals surface area contributed by atoms with Crippen LogP contribution < -0.4 is 4.49 Å². The van der Waals surface area contributed by atoms with E-state index in [1.807, 2.05) is 28.6 Å². The highest BCUT2D eigenvalue weighted by Crippen LogP contribution is 2.56. The summed E-state index contributed by atoms with van der Waals surface area (Å²) in [4.78, 5) is 0. The van der Waals surface area contributed by atoms with Gasteiger partial charge in [-0.05, 0) is 33.5 Å². The Morgan fingerprint density at radius 1 is 0.763 bits per heavy atom. The van der Waals surface area contributed by atoms with Gasteiger partial charge in [-0.3, -0.25) is 9.05 Å². The van der Waals surface area contributed by atoms with Crippen LogP contribution in [-0.4, -0.2) is 67.3 Å². The first-order valence-electron chi connectivity index (χ1n) is 13.9. The Morgan fingerprint density at radius 2 is 1.21 bits per heavy atom. The van der Waals surface area contributed by atoms with Crippen molar-refractivity contribution in [3.63, 3.8) is 0 Å². The zero-order chi connectivity index (χ0) is 29.9. The second kappa shape index (κ2) is 11.1. The van der Waals surface area contributed by atoms with Crippen LogP contribution in [0.1, 0.15) is 83.1 Å². The monoisotopic (exact) mass is 577 g/mol. The number of sulfonamides is 1. The average molecular weight is 577 g/mol. The van der Waals surface area contributed by atoms with Crippen molar-refractivity contribution >= 4 is 33.5 Å². The molecule has 0 aromatic rings. The summed E-state index contributed by atoms with van der Waals surface area (Å²) in [6, 6.07) is -0.205. The van der Waals surface area contributed by atoms with Crippen molar-refractivity contribution in [2.45, 2.75) is 113 Å². The van der Waals surface area contributed by atoms with Crippen LogP contribution in [0.2, 0.25) is 0 Å². The van der Waals surface area contributed by atoms with E-state index in [0.717, 1.165) is 6.26 Å². The SMILES string of the molecule is B[C@@H]1O[C@H](C(C)(C)C)C(O[P@@](=O)(NS(C)(=O)=O)OC[C@H]2O[C@@H](B)[C@@H](C(C)(C)C)C2C(C)(C)C)[C@@H]1C(C)(C)C. The number of rotatable bonds is 7. The van der Waals surface area contributed by atoms with Gasteiger partial charge in [-0.15, -0.1) is 4.49 Å². The van der Waals surface area contributed by atoms with Crippen molar-refractivity contribution in [1.82, 2.24) is 4.49 Å². The largest absolute Gasteiger partial charge is 0.419 e. The van der Waals surface area contributed by atoms with Crippen molar-refractivity contribution < 1.29 is 31.5 Å². The molecule has 2 aliphatic heterocycles. The molecule has 2 fully saturated rings. The standard InChI is InChI=1S/C26H54B2NO7PS/c1-23(2,3)16-15(34-21(27)17(16)24(4,5)6)14-33-37(30,29-38(13,31)32)36-19-18(25(7,8)9)22(28)35-20(19)26(10,11)12/h15-22H,14,27-28H2,1-13H3,(H,29,30)/t15-,16?,17+,18+,19?,20+,21-,22-,37-/m1/s1. The first-order chi connectivity index (χ1) is 16.7. The molecule has 38 heavy (non-hydrogen) atoms. The van der Waals surface area contributed by atoms with Crippen molar-refractivity contribution in [2.24, 2.45) is 39.4 Å². The molecular formula is C26H54B2NO7PS. The van der Waals surface area contributed by atoms with Gasteiger partial charge in [0.05, 0.1) is 25.1 Å². The topological polar surface area (TPSA) is 100 Å². The van der Waals surface area contributed by atoms with Gasteiger partial charge in [-0.1, -0.05) is 83.1 Å². The van der Waals surface area contributed by atoms with E-state index in [2.05, 4.69) is 74.7 Å². The third-order valence-electron chi connectivity index (χ3n) is 8.00. The molecule has 0 radical (unpaired) electrons. The van der Waals surface area contributed by atoms with E-state index < -0.39 is 30.0 Å². The summed E-state index contributed by atoms with van der Waals surface area (Å²) in [6.07, 6.45) is -0.461. The van der Waals surface area contributed by atoms with E-state index in [1.165, 1.54) is 0 Å². The lowest BCUT2D eigenvalue weighted by molar-refractivity contribution is -0.0385. The molecule has 2 heterocycles. The van der Waals surface area contributed by atoms with Crippen LogP contribution in [0.4, 0.5) is 0 Å². The summed E-state index contributed by atoms with van der Waals surface area (Å²) in [7, 11) is -4.20. The van der Waals surface area contributed by atoms with Gasteiger partial charge in [-0.2, -0.15) is 0 Å². The molecule has 8 nitrogen and oxygen atoms in total. The normalized spacial score (nSPS) is 35.4. The van der Waals surface area contributed by atoms with E-state index in [9.17, 15) is 13.0 Å². The lowest BCUT2D eigenvalue weighted by Gasteiger charge is -2.42. The molecule has 2 unspecified atom stereocenters. The fourth-order valence-electron chi connectivity index (χ4n) is 6.93. The molecule has 0 bridgehead atoms. The van der Waals surface area contributed by atoms with E-state index in [4.69, 9.17) is 18.5 Å². The van der Waals surface area contributed by atoms with Gasteiger partial charge in [-0.25, -0.2) is 13.0 Å². The van der Waals surface area contributed by atoms with Crippen LogP contribution in [0.5, 0.6) is 0 Å². The maximum absolute atomic E-state index is 14.3. The molecule has 1 N–H and O–H groups in total. The average Bonchev–Trinajstić information content (AvgIpc) is 3.14. The lowest BCUT2D eigenvalue weighted by atomic mass is 9.59. The minimum atomic E-state index is -4.34. The maximum atomic E-state index is 14.3. The Balaban J connectivity index is 2.45. The van der Waals surface area contributed by atoms with E-state index >= 15 is 0 Å². The summed E-state index contributed by atoms with van der Waals surface area (Å²) in [6.45, 7) is 25.5. The molecule has 0 amide bonds. The molecule has 2 aliphatic rings. The van der Waals surface area contributed by atoms with Crippen LogP contribution in [0, 0.1) is 39.4 Å². The number of nitrogens with one attached hydrogen (secondary N) is 1. The zero-order valence-corrected chi connectivity index (χ0v) is 28.3. The van der Waals surface area contributed by atoms with E-state index in [-0.39, 0.29) is 64.1 Å². The number of hydrogen-bond donors (Lipinski definition) is 1. The Hall–Kier alpha value is 0.110. The summed E-state index contributed by atoms with van der Waals surface area (Å²) in [5.41, 5.74) is -0.721.